The summed E-state index contributed by atoms with van der Waals surface area (Å²) in [7, 11) is 2.07. The Balaban J connectivity index is 1.62. The molecule has 0 saturated heterocycles. The van der Waals surface area contributed by atoms with Crippen molar-refractivity contribution in [3.8, 4) is 0 Å². The van der Waals surface area contributed by atoms with Crippen molar-refractivity contribution in [2.24, 2.45) is 5.73 Å². The van der Waals surface area contributed by atoms with E-state index < -0.39 is 5.91 Å². The number of hydrogen-bond donors (Lipinski definition) is 3. The van der Waals surface area contributed by atoms with E-state index in [0.29, 0.717) is 23.8 Å². The highest BCUT2D eigenvalue weighted by atomic mass is 16.2. The Morgan fingerprint density at radius 3 is 2.60 bits per heavy atom. The summed E-state index contributed by atoms with van der Waals surface area (Å²) >= 11 is 0. The molecule has 5 nitrogen and oxygen atoms in total. The normalized spacial score (nSPS) is 17.4. The molecule has 0 bridgehead atoms. The first kappa shape index (κ1) is 17.2. The van der Waals surface area contributed by atoms with Crippen molar-refractivity contribution >= 4 is 17.5 Å². The standard InChI is InChI=1S/C20H23N3O2/c1-23(18-8-4-6-14-5-2-3-7-17(14)18)13-19(24)22-16-11-9-15(10-12-16)20(21)25/h2-3,5,7,9-12,18H,4,6,8,13H2,1H3,(H2,21,25)(H,22,24)/p+1/t18-/m0/s1. The van der Waals surface area contributed by atoms with Gasteiger partial charge in [-0.15, -0.1) is 0 Å². The highest BCUT2D eigenvalue weighted by molar-refractivity contribution is 5.95. The summed E-state index contributed by atoms with van der Waals surface area (Å²) in [5, 5.41) is 2.89. The second kappa shape index (κ2) is 7.49. The number of nitrogens with two attached hydrogens (primary N) is 1. The number of carbonyl (C=O) groups is 2. The lowest BCUT2D eigenvalue weighted by Crippen LogP contribution is -3.10. The monoisotopic (exact) mass is 338 g/mol. The molecular weight excluding hydrogens is 314 g/mol. The molecular formula is C20H24N3O2+. The number of carbonyl (C=O) groups excluding carboxylic acids is 2. The van der Waals surface area contributed by atoms with Gasteiger partial charge in [0, 0.05) is 23.2 Å². The molecule has 0 heterocycles. The second-order valence-electron chi connectivity index (χ2n) is 6.66. The predicted molar refractivity (Wildman–Crippen MR) is 97.5 cm³/mol. The Bertz CT molecular complexity index is 771. The average molecular weight is 338 g/mol. The van der Waals surface area contributed by atoms with E-state index in [2.05, 4.69) is 36.6 Å². The number of hydrogen-bond acceptors (Lipinski definition) is 2. The molecule has 0 radical (unpaired) electrons. The van der Waals surface area contributed by atoms with Gasteiger partial charge in [0.25, 0.3) is 5.91 Å². The zero-order chi connectivity index (χ0) is 17.8. The van der Waals surface area contributed by atoms with Crippen LogP contribution in [0.1, 0.15) is 40.4 Å². The first-order chi connectivity index (χ1) is 12.0. The smallest absolute Gasteiger partial charge is 0.279 e. The Labute approximate surface area is 147 Å². The van der Waals surface area contributed by atoms with Crippen molar-refractivity contribution in [3.63, 3.8) is 0 Å². The van der Waals surface area contributed by atoms with E-state index in [-0.39, 0.29) is 5.91 Å². The average Bonchev–Trinajstić information content (AvgIpc) is 2.61. The highest BCUT2D eigenvalue weighted by Gasteiger charge is 2.27. The molecule has 0 spiro atoms. The number of likely N-dealkylation sites (N-methyl/N-ethyl adjacent to an activating group) is 1. The van der Waals surface area contributed by atoms with Gasteiger partial charge >= 0.3 is 0 Å². The lowest BCUT2D eigenvalue weighted by atomic mass is 9.87. The Hall–Kier alpha value is -2.66. The van der Waals surface area contributed by atoms with Gasteiger partial charge in [-0.3, -0.25) is 9.59 Å². The van der Waals surface area contributed by atoms with Gasteiger partial charge in [0.15, 0.2) is 6.54 Å². The van der Waals surface area contributed by atoms with Gasteiger partial charge in [-0.2, -0.15) is 0 Å². The van der Waals surface area contributed by atoms with Crippen LogP contribution in [0.3, 0.4) is 0 Å². The molecule has 0 saturated carbocycles. The van der Waals surface area contributed by atoms with Gasteiger partial charge in [0.05, 0.1) is 7.05 Å². The lowest BCUT2D eigenvalue weighted by molar-refractivity contribution is -0.905. The van der Waals surface area contributed by atoms with Gasteiger partial charge in [0.1, 0.15) is 6.04 Å². The number of rotatable bonds is 5. The molecule has 1 aliphatic rings. The van der Waals surface area contributed by atoms with E-state index in [4.69, 9.17) is 5.73 Å². The third-order valence-electron chi connectivity index (χ3n) is 4.86. The van der Waals surface area contributed by atoms with Crippen molar-refractivity contribution in [1.82, 2.24) is 0 Å². The number of fused-ring (bicyclic) bond motifs is 1. The maximum Gasteiger partial charge on any atom is 0.279 e. The highest BCUT2D eigenvalue weighted by Crippen LogP contribution is 2.27. The minimum atomic E-state index is -0.474. The van der Waals surface area contributed by atoms with Crippen LogP contribution in [0, 0.1) is 0 Å². The third-order valence-corrected chi connectivity index (χ3v) is 4.86. The zero-order valence-electron chi connectivity index (χ0n) is 14.4. The van der Waals surface area contributed by atoms with E-state index in [9.17, 15) is 9.59 Å². The molecule has 3 rings (SSSR count). The molecule has 1 unspecified atom stereocenters. The van der Waals surface area contributed by atoms with Crippen LogP contribution in [-0.4, -0.2) is 25.4 Å². The molecule has 25 heavy (non-hydrogen) atoms. The van der Waals surface area contributed by atoms with Crippen molar-refractivity contribution in [3.05, 3.63) is 65.2 Å². The maximum absolute atomic E-state index is 12.4. The van der Waals surface area contributed by atoms with Crippen LogP contribution in [0.5, 0.6) is 0 Å². The summed E-state index contributed by atoms with van der Waals surface area (Å²) in [4.78, 5) is 24.7. The molecule has 2 amide bonds. The number of anilines is 1. The van der Waals surface area contributed by atoms with Crippen molar-refractivity contribution in [2.45, 2.75) is 25.3 Å². The van der Waals surface area contributed by atoms with Gasteiger partial charge in [-0.1, -0.05) is 24.3 Å². The van der Waals surface area contributed by atoms with Gasteiger partial charge in [0.2, 0.25) is 5.91 Å². The first-order valence-electron chi connectivity index (χ1n) is 8.64. The minimum Gasteiger partial charge on any atom is -0.366 e. The van der Waals surface area contributed by atoms with Crippen LogP contribution in [0.4, 0.5) is 5.69 Å². The fourth-order valence-electron chi connectivity index (χ4n) is 3.57. The topological polar surface area (TPSA) is 76.6 Å². The quantitative estimate of drug-likeness (QED) is 0.769. The molecule has 0 aliphatic heterocycles. The van der Waals surface area contributed by atoms with Crippen LogP contribution in [0.2, 0.25) is 0 Å². The van der Waals surface area contributed by atoms with E-state index >= 15 is 0 Å². The summed E-state index contributed by atoms with van der Waals surface area (Å²) in [5.41, 5.74) is 9.09. The Morgan fingerprint density at radius 1 is 1.16 bits per heavy atom. The number of aryl methyl sites for hydroxylation is 1. The Morgan fingerprint density at radius 2 is 1.88 bits per heavy atom. The second-order valence-corrected chi connectivity index (χ2v) is 6.66. The fraction of sp³-hybridized carbons (Fsp3) is 0.300. The summed E-state index contributed by atoms with van der Waals surface area (Å²) in [6.45, 7) is 0.399. The minimum absolute atomic E-state index is 0.0348. The van der Waals surface area contributed by atoms with Gasteiger partial charge < -0.3 is 16.0 Å². The van der Waals surface area contributed by atoms with Crippen molar-refractivity contribution < 1.29 is 14.5 Å². The lowest BCUT2D eigenvalue weighted by Gasteiger charge is -2.30. The Kier molecular flexibility index (Phi) is 5.14. The third kappa shape index (κ3) is 4.06. The molecule has 4 N–H and O–H groups in total. The molecule has 1 aliphatic carbocycles. The van der Waals surface area contributed by atoms with Crippen LogP contribution >= 0.6 is 0 Å². The molecule has 2 aromatic carbocycles. The summed E-state index contributed by atoms with van der Waals surface area (Å²) in [6.07, 6.45) is 3.39. The van der Waals surface area contributed by atoms with Crippen LogP contribution in [-0.2, 0) is 11.2 Å². The molecule has 0 aromatic heterocycles. The first-order valence-corrected chi connectivity index (χ1v) is 8.64. The van der Waals surface area contributed by atoms with Crippen LogP contribution in [0.15, 0.2) is 48.5 Å². The molecule has 0 fully saturated rings. The van der Waals surface area contributed by atoms with Crippen molar-refractivity contribution in [2.75, 3.05) is 18.9 Å². The number of nitrogens with one attached hydrogen (secondary N) is 2. The summed E-state index contributed by atoms with van der Waals surface area (Å²) in [6, 6.07) is 15.5. The predicted octanol–water partition coefficient (Wildman–Crippen LogP) is 1.32. The van der Waals surface area contributed by atoms with Gasteiger partial charge in [-0.25, -0.2) is 0 Å². The van der Waals surface area contributed by atoms with E-state index in [0.717, 1.165) is 19.3 Å². The molecule has 5 heteroatoms. The summed E-state index contributed by atoms with van der Waals surface area (Å²) < 4.78 is 0. The van der Waals surface area contributed by atoms with E-state index in [1.807, 2.05) is 0 Å². The molecule has 2 aromatic rings. The number of benzene rings is 2. The van der Waals surface area contributed by atoms with Crippen LogP contribution < -0.4 is 16.0 Å². The maximum atomic E-state index is 12.4. The van der Waals surface area contributed by atoms with Gasteiger partial charge in [-0.05, 0) is 42.7 Å². The fourth-order valence-corrected chi connectivity index (χ4v) is 3.57. The molecule has 130 valence electrons. The van der Waals surface area contributed by atoms with E-state index in [1.54, 1.807) is 24.3 Å². The van der Waals surface area contributed by atoms with E-state index in [1.165, 1.54) is 16.0 Å². The van der Waals surface area contributed by atoms with Crippen molar-refractivity contribution in [1.29, 1.82) is 0 Å². The number of quaternary nitrogens is 1. The number of amides is 2. The summed E-state index contributed by atoms with van der Waals surface area (Å²) in [5.74, 6) is -0.509. The zero-order valence-corrected chi connectivity index (χ0v) is 14.4. The van der Waals surface area contributed by atoms with Crippen LogP contribution in [0.25, 0.3) is 0 Å². The largest absolute Gasteiger partial charge is 0.366 e. The molecule has 2 atom stereocenters. The SMILES string of the molecule is C[NH+](CC(=O)Nc1ccc(C(N)=O)cc1)[C@H]1CCCc2ccccc21. The number of primary amides is 1.